The summed E-state index contributed by atoms with van der Waals surface area (Å²) in [5.74, 6) is 0.353. The molecule has 33 heavy (non-hydrogen) atoms. The zero-order valence-corrected chi connectivity index (χ0v) is 19.3. The van der Waals surface area contributed by atoms with E-state index in [-0.39, 0.29) is 11.7 Å². The minimum absolute atomic E-state index is 0.232. The molecule has 170 valence electrons. The summed E-state index contributed by atoms with van der Waals surface area (Å²) in [6, 6.07) is 17.2. The van der Waals surface area contributed by atoms with Gasteiger partial charge in [-0.2, -0.15) is 0 Å². The van der Waals surface area contributed by atoms with E-state index in [2.05, 4.69) is 21.8 Å². The third-order valence-electron chi connectivity index (χ3n) is 5.69. The Hall–Kier alpha value is -3.22. The maximum atomic E-state index is 13.5. The number of pyridine rings is 1. The number of amides is 1. The normalized spacial score (nSPS) is 14.6. The zero-order valence-electron chi connectivity index (χ0n) is 18.5. The molecule has 1 aromatic heterocycles. The molecular weight excluding hydrogens is 439 g/mol. The smallest absolute Gasteiger partial charge is 0.251 e. The molecule has 0 aliphatic carbocycles. The fourth-order valence-corrected chi connectivity index (χ4v) is 3.89. The van der Waals surface area contributed by atoms with Crippen molar-refractivity contribution < 1.29 is 9.18 Å². The molecule has 0 N–H and O–H groups in total. The maximum Gasteiger partial charge on any atom is 0.251 e. The molecule has 0 unspecified atom stereocenters. The molecule has 0 bridgehead atoms. The number of nitrogens with zero attached hydrogens (tertiary/aromatic N) is 4. The summed E-state index contributed by atoms with van der Waals surface area (Å²) in [6.45, 7) is 4.21. The Labute approximate surface area is 198 Å². The van der Waals surface area contributed by atoms with Crippen molar-refractivity contribution in [1.82, 2.24) is 9.88 Å². The molecule has 2 heterocycles. The quantitative estimate of drug-likeness (QED) is 0.488. The lowest BCUT2D eigenvalue weighted by Gasteiger charge is -2.33. The lowest BCUT2D eigenvalue weighted by atomic mass is 10.2. The summed E-state index contributed by atoms with van der Waals surface area (Å²) < 4.78 is 13.5. The molecule has 4 rings (SSSR count). The number of halogens is 2. The Morgan fingerprint density at radius 3 is 2.45 bits per heavy atom. The van der Waals surface area contributed by atoms with Crippen LogP contribution in [-0.4, -0.2) is 49.0 Å². The minimum Gasteiger partial charge on any atom is -0.354 e. The fourth-order valence-electron chi connectivity index (χ4n) is 3.69. The first-order valence-corrected chi connectivity index (χ1v) is 11.3. The fraction of sp³-hybridized carbons (Fsp3) is 0.231. The number of rotatable bonds is 6. The largest absolute Gasteiger partial charge is 0.354 e. The van der Waals surface area contributed by atoms with Gasteiger partial charge in [-0.15, -0.1) is 0 Å². The molecular formula is C26H26ClFN4O. The second-order valence-electron chi connectivity index (χ2n) is 8.07. The van der Waals surface area contributed by atoms with Gasteiger partial charge in [-0.1, -0.05) is 35.9 Å². The maximum absolute atomic E-state index is 13.5. The Kier molecular flexibility index (Phi) is 7.37. The number of piperazine rings is 1. The van der Waals surface area contributed by atoms with Crippen LogP contribution in [0, 0.1) is 5.82 Å². The third kappa shape index (κ3) is 5.97. The molecule has 5 nitrogen and oxygen atoms in total. The number of benzene rings is 2. The summed E-state index contributed by atoms with van der Waals surface area (Å²) in [6.07, 6.45) is 4.97. The number of hydrogen-bond donors (Lipinski definition) is 0. The summed E-state index contributed by atoms with van der Waals surface area (Å²) in [5, 5.41) is 0.568. The first kappa shape index (κ1) is 23.0. The van der Waals surface area contributed by atoms with Gasteiger partial charge >= 0.3 is 0 Å². The molecule has 0 radical (unpaired) electrons. The van der Waals surface area contributed by atoms with Crippen LogP contribution in [0.2, 0.25) is 5.02 Å². The summed E-state index contributed by atoms with van der Waals surface area (Å²) in [4.78, 5) is 23.9. The van der Waals surface area contributed by atoms with Crippen molar-refractivity contribution in [3.8, 4) is 0 Å². The highest BCUT2D eigenvalue weighted by Gasteiger charge is 2.17. The van der Waals surface area contributed by atoms with Gasteiger partial charge in [0, 0.05) is 49.2 Å². The first-order valence-electron chi connectivity index (χ1n) is 10.9. The molecule has 0 atom stereocenters. The van der Waals surface area contributed by atoms with Gasteiger partial charge in [0.15, 0.2) is 0 Å². The van der Waals surface area contributed by atoms with Crippen molar-refractivity contribution in [2.24, 2.45) is 0 Å². The number of hydrogen-bond acceptors (Lipinski definition) is 4. The highest BCUT2D eigenvalue weighted by molar-refractivity contribution is 6.32. The lowest BCUT2D eigenvalue weighted by Crippen LogP contribution is -2.44. The highest BCUT2D eigenvalue weighted by atomic mass is 35.5. The zero-order chi connectivity index (χ0) is 23.2. The van der Waals surface area contributed by atoms with Crippen molar-refractivity contribution in [2.75, 3.05) is 43.0 Å². The molecule has 1 aliphatic heterocycles. The van der Waals surface area contributed by atoms with Crippen LogP contribution in [-0.2, 0) is 11.3 Å². The number of carbonyl (C=O) groups is 1. The first-order chi connectivity index (χ1) is 16.0. The summed E-state index contributed by atoms with van der Waals surface area (Å²) >= 11 is 6.21. The Morgan fingerprint density at radius 2 is 1.79 bits per heavy atom. The molecule has 2 aromatic carbocycles. The summed E-state index contributed by atoms with van der Waals surface area (Å²) in [5.41, 5.74) is 2.25. The van der Waals surface area contributed by atoms with Crippen LogP contribution in [0.25, 0.3) is 6.08 Å². The molecule has 1 saturated heterocycles. The van der Waals surface area contributed by atoms with Crippen LogP contribution < -0.4 is 9.80 Å². The molecule has 7 heteroatoms. The van der Waals surface area contributed by atoms with E-state index in [0.29, 0.717) is 17.3 Å². The van der Waals surface area contributed by atoms with Crippen LogP contribution in [0.5, 0.6) is 0 Å². The monoisotopic (exact) mass is 464 g/mol. The lowest BCUT2D eigenvalue weighted by molar-refractivity contribution is -0.114. The Bertz CT molecular complexity index is 1110. The van der Waals surface area contributed by atoms with Crippen molar-refractivity contribution in [2.45, 2.75) is 6.54 Å². The van der Waals surface area contributed by atoms with Crippen molar-refractivity contribution in [3.63, 3.8) is 0 Å². The van der Waals surface area contributed by atoms with Crippen molar-refractivity contribution in [3.05, 3.63) is 94.9 Å². The molecule has 0 saturated carbocycles. The van der Waals surface area contributed by atoms with Crippen LogP contribution in [0.3, 0.4) is 0 Å². The van der Waals surface area contributed by atoms with E-state index in [1.807, 2.05) is 30.3 Å². The van der Waals surface area contributed by atoms with E-state index < -0.39 is 0 Å². The van der Waals surface area contributed by atoms with Gasteiger partial charge in [0.05, 0.1) is 6.54 Å². The molecule has 1 amide bonds. The molecule has 3 aromatic rings. The van der Waals surface area contributed by atoms with Gasteiger partial charge < -0.3 is 14.7 Å². The van der Waals surface area contributed by atoms with Crippen LogP contribution in [0.4, 0.5) is 15.9 Å². The average molecular weight is 465 g/mol. The van der Waals surface area contributed by atoms with E-state index in [1.54, 1.807) is 35.4 Å². The predicted molar refractivity (Wildman–Crippen MR) is 132 cm³/mol. The third-order valence-corrected chi connectivity index (χ3v) is 6.04. The van der Waals surface area contributed by atoms with Gasteiger partial charge in [0.25, 0.3) is 5.91 Å². The molecule has 0 spiro atoms. The SMILES string of the molecule is CN1CCN(c2ccc(CN(C(=O)/C=C/c3ccccc3Cl)c3ccc(F)cc3)cn2)CC1. The van der Waals surface area contributed by atoms with Crippen LogP contribution in [0.15, 0.2) is 72.9 Å². The second kappa shape index (κ2) is 10.6. The number of anilines is 2. The Morgan fingerprint density at radius 1 is 1.06 bits per heavy atom. The number of carbonyl (C=O) groups excluding carboxylic acids is 1. The van der Waals surface area contributed by atoms with Gasteiger partial charge in [0.2, 0.25) is 0 Å². The molecule has 1 aliphatic rings. The number of likely N-dealkylation sites (N-methyl/N-ethyl adjacent to an activating group) is 1. The molecule has 1 fully saturated rings. The van der Waals surface area contributed by atoms with Gasteiger partial charge in [0.1, 0.15) is 11.6 Å². The van der Waals surface area contributed by atoms with Crippen molar-refractivity contribution >= 4 is 35.1 Å². The van der Waals surface area contributed by atoms with Gasteiger partial charge in [-0.25, -0.2) is 9.37 Å². The Balaban J connectivity index is 1.53. The van der Waals surface area contributed by atoms with Crippen molar-refractivity contribution in [1.29, 1.82) is 0 Å². The predicted octanol–water partition coefficient (Wildman–Crippen LogP) is 4.87. The van der Waals surface area contributed by atoms with E-state index in [9.17, 15) is 9.18 Å². The minimum atomic E-state index is -0.351. The summed E-state index contributed by atoms with van der Waals surface area (Å²) in [7, 11) is 2.12. The number of aromatic nitrogens is 1. The highest BCUT2D eigenvalue weighted by Crippen LogP contribution is 2.21. The van der Waals surface area contributed by atoms with Gasteiger partial charge in [-0.3, -0.25) is 4.79 Å². The van der Waals surface area contributed by atoms with Gasteiger partial charge in [-0.05, 0) is 60.6 Å². The second-order valence-corrected chi connectivity index (χ2v) is 8.48. The average Bonchev–Trinajstić information content (AvgIpc) is 2.83. The van der Waals surface area contributed by atoms with E-state index in [4.69, 9.17) is 11.6 Å². The van der Waals surface area contributed by atoms with E-state index >= 15 is 0 Å². The van der Waals surface area contributed by atoms with E-state index in [0.717, 1.165) is 43.1 Å². The van der Waals surface area contributed by atoms with E-state index in [1.165, 1.54) is 18.2 Å². The van der Waals surface area contributed by atoms with Crippen LogP contribution in [0.1, 0.15) is 11.1 Å². The topological polar surface area (TPSA) is 39.7 Å². The standard InChI is InChI=1S/C26H26ClFN4O/c1-30-14-16-31(17-15-30)25-12-6-20(18-29-25)19-32(23-10-8-22(28)9-11-23)26(33)13-7-21-4-2-3-5-24(21)27/h2-13,18H,14-17,19H2,1H3/b13-7+. The van der Waals surface area contributed by atoms with Crippen LogP contribution >= 0.6 is 11.6 Å².